The third-order valence-electron chi connectivity index (χ3n) is 13.0. The number of imide groups is 1. The quantitative estimate of drug-likeness (QED) is 0.0406. The minimum absolute atomic E-state index is 0.0141. The van der Waals surface area contributed by atoms with Crippen LogP contribution in [0.25, 0.3) is 0 Å². The zero-order valence-electron chi connectivity index (χ0n) is 37.0. The number of non-ortho nitro benzene ring substituents is 1. The lowest BCUT2D eigenvalue weighted by atomic mass is 9.65. The van der Waals surface area contributed by atoms with Crippen LogP contribution >= 0.6 is 0 Å². The number of allylic oxidation sites excluding steroid dienone is 2. The summed E-state index contributed by atoms with van der Waals surface area (Å²) in [7, 11) is 0. The number of amides is 3. The molecule has 2 fully saturated rings. The normalized spacial score (nSPS) is 22.8. The highest BCUT2D eigenvalue weighted by Crippen LogP contribution is 2.66. The summed E-state index contributed by atoms with van der Waals surface area (Å²) in [6.45, 7) is 3.13. The summed E-state index contributed by atoms with van der Waals surface area (Å²) in [5, 5.41) is 24.1. The average molecular weight is 913 g/mol. The van der Waals surface area contributed by atoms with Crippen LogP contribution < -0.4 is 15.0 Å². The molecule has 2 saturated heterocycles. The smallest absolute Gasteiger partial charge is 0.421 e. The molecule has 2 N–H and O–H groups in total. The number of aliphatic hydroxyl groups is 1. The molecule has 1 spiro atoms. The van der Waals surface area contributed by atoms with E-state index in [1.807, 2.05) is 65.6 Å². The number of nitro benzene ring substituents is 1. The molecule has 0 saturated carbocycles. The predicted molar refractivity (Wildman–Crippen MR) is 251 cm³/mol. The SMILES string of the molecule is C=CCNC(=O)[C@H]1[C@@H]2C(=O)O[C@@H](c3ccccc3)[C@@H](c3ccccc3)N2[C@@H](c2cccc(OCCO)c2)[C@]12C(=O)N(C(=O)OCc1ccc([N+](=O)[O-])cc1)c1ccc(C#CC3=CCCCC3)cc12. The summed E-state index contributed by atoms with van der Waals surface area (Å²) in [5.74, 6) is 3.15. The third kappa shape index (κ3) is 8.31. The molecule has 344 valence electrons. The molecular formula is C54H48N4O10. The second-order valence-corrected chi connectivity index (χ2v) is 17.0. The summed E-state index contributed by atoms with van der Waals surface area (Å²) in [5.41, 5.74) is 1.92. The topological polar surface area (TPSA) is 178 Å². The van der Waals surface area contributed by atoms with Crippen LogP contribution in [0.4, 0.5) is 16.2 Å². The van der Waals surface area contributed by atoms with Crippen LogP contribution in [0.5, 0.6) is 5.75 Å². The van der Waals surface area contributed by atoms with E-state index in [2.05, 4.69) is 29.8 Å². The van der Waals surface area contributed by atoms with Crippen molar-refractivity contribution in [1.82, 2.24) is 10.2 Å². The second-order valence-electron chi connectivity index (χ2n) is 17.0. The Morgan fingerprint density at radius 3 is 2.32 bits per heavy atom. The molecule has 0 aromatic heterocycles. The van der Waals surface area contributed by atoms with Crippen molar-refractivity contribution in [3.63, 3.8) is 0 Å². The lowest BCUT2D eigenvalue weighted by Crippen LogP contribution is -2.55. The Morgan fingerprint density at radius 1 is 0.897 bits per heavy atom. The van der Waals surface area contributed by atoms with E-state index in [4.69, 9.17) is 14.2 Å². The maximum absolute atomic E-state index is 16.4. The van der Waals surface area contributed by atoms with Crippen molar-refractivity contribution in [1.29, 1.82) is 0 Å². The van der Waals surface area contributed by atoms with Crippen LogP contribution in [0.3, 0.4) is 0 Å². The molecule has 1 aliphatic carbocycles. The number of carbonyl (C=O) groups is 4. The van der Waals surface area contributed by atoms with Crippen molar-refractivity contribution in [3.8, 4) is 17.6 Å². The maximum Gasteiger partial charge on any atom is 0.421 e. The van der Waals surface area contributed by atoms with Crippen molar-refractivity contribution >= 4 is 35.3 Å². The molecule has 3 amide bonds. The zero-order chi connectivity index (χ0) is 47.4. The van der Waals surface area contributed by atoms with Gasteiger partial charge in [-0.15, -0.1) is 6.58 Å². The monoisotopic (exact) mass is 912 g/mol. The molecule has 5 aromatic rings. The van der Waals surface area contributed by atoms with Gasteiger partial charge in [0.25, 0.3) is 5.69 Å². The number of hydrogen-bond donors (Lipinski definition) is 2. The Bertz CT molecular complexity index is 2860. The van der Waals surface area contributed by atoms with Gasteiger partial charge in [-0.05, 0) is 102 Å². The standard InChI is InChI=1S/C54H48N4O10/c1-2-29-55-50(60)45-47-51(61)68-48(39-17-10-5-11-18-39)46(38-15-8-4-9-16-38)57(47)49(40-19-12-20-42(33-40)66-31-30-59)54(45)43-32-36(22-21-35-13-6-3-7-14-35)25-28-44(43)56(52(54)62)53(63)67-34-37-23-26-41(27-24-37)58(64)65/h2,4-5,8-13,15-20,23-28,32-33,45-49,59H,1,3,6-7,14,29-31,34H2,(H,55,60)/t45-,46-,47-,48+,49+,54-/m1/s1. The van der Waals surface area contributed by atoms with Crippen molar-refractivity contribution in [2.24, 2.45) is 5.92 Å². The van der Waals surface area contributed by atoms with Gasteiger partial charge < -0.3 is 24.6 Å². The molecule has 0 radical (unpaired) electrons. The number of esters is 1. The average Bonchev–Trinajstić information content (AvgIpc) is 3.83. The van der Waals surface area contributed by atoms with Gasteiger partial charge in [0, 0.05) is 24.2 Å². The van der Waals surface area contributed by atoms with E-state index in [-0.39, 0.29) is 43.3 Å². The molecule has 14 nitrogen and oxygen atoms in total. The number of ether oxygens (including phenoxy) is 3. The first kappa shape index (κ1) is 45.3. The molecular weight excluding hydrogens is 865 g/mol. The molecule has 0 unspecified atom stereocenters. The Balaban J connectivity index is 1.31. The van der Waals surface area contributed by atoms with Crippen LogP contribution in [0, 0.1) is 27.9 Å². The third-order valence-corrected chi connectivity index (χ3v) is 13.0. The largest absolute Gasteiger partial charge is 0.491 e. The number of nitro groups is 1. The number of benzene rings is 5. The van der Waals surface area contributed by atoms with Gasteiger partial charge in [0.1, 0.15) is 36.5 Å². The van der Waals surface area contributed by atoms with E-state index in [1.165, 1.54) is 30.3 Å². The van der Waals surface area contributed by atoms with Crippen molar-refractivity contribution in [3.05, 3.63) is 195 Å². The van der Waals surface area contributed by atoms with Crippen molar-refractivity contribution < 1.29 is 43.4 Å². The predicted octanol–water partition coefficient (Wildman–Crippen LogP) is 8.12. The number of fused-ring (bicyclic) bond motifs is 3. The lowest BCUT2D eigenvalue weighted by Gasteiger charge is -2.46. The number of aliphatic hydroxyl groups excluding tert-OH is 1. The summed E-state index contributed by atoms with van der Waals surface area (Å²) in [4.78, 5) is 75.5. The first-order valence-electron chi connectivity index (χ1n) is 22.6. The van der Waals surface area contributed by atoms with Gasteiger partial charge in [0.05, 0.1) is 35.2 Å². The Kier molecular flexibility index (Phi) is 13.0. The molecule has 3 aliphatic heterocycles. The summed E-state index contributed by atoms with van der Waals surface area (Å²) in [6, 6.07) is 32.7. The highest BCUT2D eigenvalue weighted by molar-refractivity contribution is 6.23. The summed E-state index contributed by atoms with van der Waals surface area (Å²) >= 11 is 0. The molecule has 14 heteroatoms. The number of nitrogens with one attached hydrogen (secondary N) is 1. The fourth-order valence-corrected chi connectivity index (χ4v) is 10.2. The number of cyclic esters (lactones) is 1. The van der Waals surface area contributed by atoms with Crippen LogP contribution in [0.2, 0.25) is 0 Å². The number of nitrogens with zero attached hydrogens (tertiary/aromatic N) is 3. The number of morpholine rings is 1. The van der Waals surface area contributed by atoms with Gasteiger partial charge in [0.2, 0.25) is 11.8 Å². The zero-order valence-corrected chi connectivity index (χ0v) is 37.0. The van der Waals surface area contributed by atoms with Gasteiger partial charge in [-0.1, -0.05) is 96.8 Å². The van der Waals surface area contributed by atoms with E-state index >= 15 is 14.4 Å². The van der Waals surface area contributed by atoms with E-state index in [9.17, 15) is 20.0 Å². The van der Waals surface area contributed by atoms with Gasteiger partial charge in [0.15, 0.2) is 0 Å². The molecule has 5 aromatic carbocycles. The Labute approximate surface area is 393 Å². The summed E-state index contributed by atoms with van der Waals surface area (Å²) in [6.07, 6.45) is 5.40. The number of hydrogen-bond acceptors (Lipinski definition) is 11. The Hall–Kier alpha value is -7.86. The molecule has 4 aliphatic rings. The molecule has 9 rings (SSSR count). The highest BCUT2D eigenvalue weighted by Gasteiger charge is 2.75. The first-order chi connectivity index (χ1) is 33.1. The van der Waals surface area contributed by atoms with Gasteiger partial charge in [-0.3, -0.25) is 29.4 Å². The number of rotatable bonds is 12. The van der Waals surface area contributed by atoms with E-state index in [1.54, 1.807) is 42.5 Å². The minimum atomic E-state index is -2.08. The van der Waals surface area contributed by atoms with E-state index in [0.29, 0.717) is 28.0 Å². The lowest BCUT2D eigenvalue weighted by molar-refractivity contribution is -0.384. The Morgan fingerprint density at radius 2 is 1.63 bits per heavy atom. The second kappa shape index (κ2) is 19.5. The van der Waals surface area contributed by atoms with Crippen LogP contribution in [0.1, 0.15) is 77.3 Å². The van der Waals surface area contributed by atoms with Crippen molar-refractivity contribution in [2.75, 3.05) is 24.7 Å². The maximum atomic E-state index is 16.4. The fraction of sp³-hybridized carbons (Fsp3) is 0.259. The van der Waals surface area contributed by atoms with Crippen LogP contribution in [-0.2, 0) is 35.9 Å². The van der Waals surface area contributed by atoms with Crippen LogP contribution in [-0.4, -0.2) is 64.6 Å². The fourth-order valence-electron chi connectivity index (χ4n) is 10.2. The van der Waals surface area contributed by atoms with E-state index in [0.717, 1.165) is 41.7 Å². The van der Waals surface area contributed by atoms with Crippen molar-refractivity contribution in [2.45, 2.75) is 61.9 Å². The van der Waals surface area contributed by atoms with E-state index < -0.39 is 64.4 Å². The van der Waals surface area contributed by atoms with Gasteiger partial charge >= 0.3 is 12.1 Å². The minimum Gasteiger partial charge on any atom is -0.491 e. The van der Waals surface area contributed by atoms with Crippen LogP contribution in [0.15, 0.2) is 152 Å². The van der Waals surface area contributed by atoms with Gasteiger partial charge in [-0.2, -0.15) is 0 Å². The number of carbonyl (C=O) groups excluding carboxylic acids is 4. The first-order valence-corrected chi connectivity index (χ1v) is 22.6. The molecule has 6 atom stereocenters. The summed E-state index contributed by atoms with van der Waals surface area (Å²) < 4.78 is 18.4. The molecule has 0 bridgehead atoms. The molecule has 3 heterocycles. The number of anilines is 1. The molecule has 68 heavy (non-hydrogen) atoms. The van der Waals surface area contributed by atoms with Gasteiger partial charge in [-0.25, -0.2) is 9.69 Å². The highest BCUT2D eigenvalue weighted by atomic mass is 16.6.